The van der Waals surface area contributed by atoms with Crippen molar-refractivity contribution in [1.82, 2.24) is 4.98 Å². The zero-order valence-corrected chi connectivity index (χ0v) is 11.8. The van der Waals surface area contributed by atoms with Crippen molar-refractivity contribution in [3.05, 3.63) is 24.0 Å². The molecule has 3 nitrogen and oxygen atoms in total. The number of rotatable bonds is 6. The van der Waals surface area contributed by atoms with Gasteiger partial charge in [0, 0.05) is 18.6 Å². The average molecular weight is 247 g/mol. The molecule has 0 saturated heterocycles. The van der Waals surface area contributed by atoms with Crippen molar-refractivity contribution in [2.24, 2.45) is 11.7 Å². The van der Waals surface area contributed by atoms with Gasteiger partial charge in [-0.3, -0.25) is 4.98 Å². The second kappa shape index (κ2) is 5.70. The summed E-state index contributed by atoms with van der Waals surface area (Å²) in [6, 6.07) is 4.83. The third kappa shape index (κ3) is 3.22. The van der Waals surface area contributed by atoms with E-state index in [9.17, 15) is 0 Å². The molecule has 0 aliphatic heterocycles. The number of pyridine rings is 1. The van der Waals surface area contributed by atoms with Crippen LogP contribution >= 0.6 is 0 Å². The highest BCUT2D eigenvalue weighted by Gasteiger charge is 2.25. The van der Waals surface area contributed by atoms with Crippen molar-refractivity contribution in [1.29, 1.82) is 0 Å². The Bertz CT molecular complexity index is 368. The molecular formula is C15H25N3. The van der Waals surface area contributed by atoms with Gasteiger partial charge in [0.1, 0.15) is 0 Å². The number of nitrogens with two attached hydrogens (primary N) is 1. The molecule has 1 heterocycles. The summed E-state index contributed by atoms with van der Waals surface area (Å²) in [5.74, 6) is 0.893. The van der Waals surface area contributed by atoms with E-state index in [-0.39, 0.29) is 6.04 Å². The summed E-state index contributed by atoms with van der Waals surface area (Å²) in [5.41, 5.74) is 8.22. The highest BCUT2D eigenvalue weighted by Crippen LogP contribution is 2.32. The molecule has 2 rings (SSSR count). The molecule has 1 aromatic heterocycles. The average Bonchev–Trinajstić information content (AvgIpc) is 3.19. The van der Waals surface area contributed by atoms with Crippen molar-refractivity contribution in [3.63, 3.8) is 0 Å². The molecule has 100 valence electrons. The molecule has 3 heteroatoms. The van der Waals surface area contributed by atoms with E-state index in [0.29, 0.717) is 6.04 Å². The normalized spacial score (nSPS) is 16.9. The van der Waals surface area contributed by atoms with Gasteiger partial charge in [-0.2, -0.15) is 0 Å². The minimum Gasteiger partial charge on any atom is -0.368 e. The lowest BCUT2D eigenvalue weighted by atomic mass is 10.1. The van der Waals surface area contributed by atoms with Crippen LogP contribution in [0.2, 0.25) is 0 Å². The molecule has 1 fully saturated rings. The maximum Gasteiger partial charge on any atom is 0.0572 e. The predicted molar refractivity (Wildman–Crippen MR) is 76.7 cm³/mol. The molecule has 1 atom stereocenters. The first-order chi connectivity index (χ1) is 8.61. The van der Waals surface area contributed by atoms with Crippen LogP contribution in [0, 0.1) is 5.92 Å². The van der Waals surface area contributed by atoms with Crippen molar-refractivity contribution in [2.45, 2.75) is 52.1 Å². The molecule has 0 spiro atoms. The first kappa shape index (κ1) is 13.3. The molecule has 18 heavy (non-hydrogen) atoms. The maximum atomic E-state index is 5.99. The molecule has 1 unspecified atom stereocenters. The fourth-order valence-corrected chi connectivity index (χ4v) is 2.19. The minimum atomic E-state index is 0.0648. The summed E-state index contributed by atoms with van der Waals surface area (Å²) in [6.45, 7) is 7.74. The number of hydrogen-bond donors (Lipinski definition) is 1. The van der Waals surface area contributed by atoms with Crippen LogP contribution in [0.3, 0.4) is 0 Å². The molecule has 1 saturated carbocycles. The Kier molecular flexibility index (Phi) is 4.23. The van der Waals surface area contributed by atoms with Crippen LogP contribution in [-0.4, -0.2) is 17.6 Å². The topological polar surface area (TPSA) is 42.1 Å². The number of aromatic nitrogens is 1. The third-order valence-corrected chi connectivity index (χ3v) is 3.70. The Hall–Kier alpha value is -1.09. The monoisotopic (exact) mass is 247 g/mol. The summed E-state index contributed by atoms with van der Waals surface area (Å²) in [7, 11) is 0. The summed E-state index contributed by atoms with van der Waals surface area (Å²) < 4.78 is 0. The molecule has 1 aromatic rings. The van der Waals surface area contributed by atoms with E-state index in [1.54, 1.807) is 0 Å². The molecule has 0 aromatic carbocycles. The maximum absolute atomic E-state index is 5.99. The van der Waals surface area contributed by atoms with Gasteiger partial charge in [0.15, 0.2) is 0 Å². The standard InChI is InChI=1S/C15H25N3/c1-4-14(16)15-8-7-13(9-17-15)18(11(2)3)10-12-5-6-12/h7-9,11-12,14H,4-6,10,16H2,1-3H3. The lowest BCUT2D eigenvalue weighted by Crippen LogP contribution is -2.32. The number of hydrogen-bond acceptors (Lipinski definition) is 3. The van der Waals surface area contributed by atoms with E-state index in [2.05, 4.69) is 42.8 Å². The summed E-state index contributed by atoms with van der Waals surface area (Å²) in [5, 5.41) is 0. The van der Waals surface area contributed by atoms with Gasteiger partial charge in [0.25, 0.3) is 0 Å². The first-order valence-corrected chi connectivity index (χ1v) is 7.10. The Balaban J connectivity index is 2.09. The Morgan fingerprint density at radius 1 is 1.39 bits per heavy atom. The second-order valence-electron chi connectivity index (χ2n) is 5.65. The van der Waals surface area contributed by atoms with E-state index >= 15 is 0 Å². The fourth-order valence-electron chi connectivity index (χ4n) is 2.19. The van der Waals surface area contributed by atoms with E-state index < -0.39 is 0 Å². The van der Waals surface area contributed by atoms with Gasteiger partial charge in [-0.1, -0.05) is 6.92 Å². The van der Waals surface area contributed by atoms with E-state index in [1.165, 1.54) is 25.1 Å². The van der Waals surface area contributed by atoms with Crippen LogP contribution in [0.25, 0.3) is 0 Å². The van der Waals surface area contributed by atoms with Gasteiger partial charge < -0.3 is 10.6 Å². The van der Waals surface area contributed by atoms with Crippen molar-refractivity contribution in [2.75, 3.05) is 11.4 Å². The van der Waals surface area contributed by atoms with Crippen LogP contribution in [0.4, 0.5) is 5.69 Å². The van der Waals surface area contributed by atoms with Crippen LogP contribution in [0.15, 0.2) is 18.3 Å². The van der Waals surface area contributed by atoms with Gasteiger partial charge in [-0.25, -0.2) is 0 Å². The van der Waals surface area contributed by atoms with Crippen LogP contribution in [-0.2, 0) is 0 Å². The molecular weight excluding hydrogens is 222 g/mol. The molecule has 1 aliphatic rings. The largest absolute Gasteiger partial charge is 0.368 e. The zero-order valence-electron chi connectivity index (χ0n) is 11.8. The van der Waals surface area contributed by atoms with E-state index in [1.807, 2.05) is 6.20 Å². The minimum absolute atomic E-state index is 0.0648. The Morgan fingerprint density at radius 2 is 2.11 bits per heavy atom. The Morgan fingerprint density at radius 3 is 2.56 bits per heavy atom. The SMILES string of the molecule is CCC(N)c1ccc(N(CC2CC2)C(C)C)cn1. The van der Waals surface area contributed by atoms with Crippen molar-refractivity contribution >= 4 is 5.69 Å². The smallest absolute Gasteiger partial charge is 0.0572 e. The molecule has 0 amide bonds. The zero-order chi connectivity index (χ0) is 13.1. The lowest BCUT2D eigenvalue weighted by Gasteiger charge is -2.29. The van der Waals surface area contributed by atoms with Crippen LogP contribution in [0.1, 0.15) is 51.8 Å². The molecule has 0 bridgehead atoms. The number of nitrogens with zero attached hydrogens (tertiary/aromatic N) is 2. The predicted octanol–water partition coefficient (Wildman–Crippen LogP) is 3.12. The summed E-state index contributed by atoms with van der Waals surface area (Å²) in [4.78, 5) is 6.96. The number of anilines is 1. The highest BCUT2D eigenvalue weighted by atomic mass is 15.2. The van der Waals surface area contributed by atoms with Gasteiger partial charge in [-0.15, -0.1) is 0 Å². The van der Waals surface area contributed by atoms with Crippen LogP contribution in [0.5, 0.6) is 0 Å². The Labute approximate surface area is 110 Å². The first-order valence-electron chi connectivity index (χ1n) is 7.10. The van der Waals surface area contributed by atoms with E-state index in [4.69, 9.17) is 5.73 Å². The summed E-state index contributed by atoms with van der Waals surface area (Å²) in [6.07, 6.45) is 5.68. The van der Waals surface area contributed by atoms with Gasteiger partial charge >= 0.3 is 0 Å². The highest BCUT2D eigenvalue weighted by molar-refractivity contribution is 5.46. The second-order valence-corrected chi connectivity index (χ2v) is 5.65. The summed E-state index contributed by atoms with van der Waals surface area (Å²) >= 11 is 0. The molecule has 0 radical (unpaired) electrons. The van der Waals surface area contributed by atoms with Crippen LogP contribution < -0.4 is 10.6 Å². The molecule has 2 N–H and O–H groups in total. The van der Waals surface area contributed by atoms with E-state index in [0.717, 1.165) is 18.0 Å². The van der Waals surface area contributed by atoms with Crippen molar-refractivity contribution in [3.8, 4) is 0 Å². The quantitative estimate of drug-likeness (QED) is 0.840. The van der Waals surface area contributed by atoms with Crippen molar-refractivity contribution < 1.29 is 0 Å². The lowest BCUT2D eigenvalue weighted by molar-refractivity contribution is 0.640. The fraction of sp³-hybridized carbons (Fsp3) is 0.667. The van der Waals surface area contributed by atoms with Gasteiger partial charge in [-0.05, 0) is 51.2 Å². The third-order valence-electron chi connectivity index (χ3n) is 3.70. The van der Waals surface area contributed by atoms with Gasteiger partial charge in [0.05, 0.1) is 17.6 Å². The van der Waals surface area contributed by atoms with Gasteiger partial charge in [0.2, 0.25) is 0 Å². The molecule has 1 aliphatic carbocycles.